The van der Waals surface area contributed by atoms with Gasteiger partial charge in [0.2, 0.25) is 0 Å². The molecule has 1 aromatic rings. The highest BCUT2D eigenvalue weighted by Crippen LogP contribution is 2.30. The summed E-state index contributed by atoms with van der Waals surface area (Å²) < 4.78 is 10.3. The molecule has 6 nitrogen and oxygen atoms in total. The Bertz CT molecular complexity index is 722. The van der Waals surface area contributed by atoms with Crippen LogP contribution in [0, 0.1) is 12.8 Å². The van der Waals surface area contributed by atoms with Crippen LogP contribution in [0.25, 0.3) is 0 Å². The highest BCUT2D eigenvalue weighted by atomic mass is 35.5. The Balaban J connectivity index is 1.99. The van der Waals surface area contributed by atoms with E-state index in [-0.39, 0.29) is 18.1 Å². The number of hydrogen-bond acceptors (Lipinski definition) is 5. The molecule has 1 atom stereocenters. The van der Waals surface area contributed by atoms with Gasteiger partial charge in [-0.3, -0.25) is 0 Å². The molecule has 0 radical (unpaired) electrons. The molecular formula is C21H31ClN2O4. The molecule has 0 aromatic heterocycles. The van der Waals surface area contributed by atoms with Crippen molar-refractivity contribution in [3.63, 3.8) is 0 Å². The summed E-state index contributed by atoms with van der Waals surface area (Å²) >= 11 is 6.37. The number of methoxy groups -OCH3 is 1. The van der Waals surface area contributed by atoms with E-state index >= 15 is 0 Å². The lowest BCUT2D eigenvalue weighted by Gasteiger charge is -2.36. The summed E-state index contributed by atoms with van der Waals surface area (Å²) in [5.74, 6) is 0.00757. The molecule has 0 aliphatic carbocycles. The first-order chi connectivity index (χ1) is 13.0. The van der Waals surface area contributed by atoms with Crippen molar-refractivity contribution in [3.8, 4) is 0 Å². The Morgan fingerprint density at radius 2 is 1.86 bits per heavy atom. The van der Waals surface area contributed by atoms with E-state index in [4.69, 9.17) is 21.1 Å². The first kappa shape index (κ1) is 22.3. The number of aryl methyl sites for hydroxylation is 1. The number of carbonyl (C=O) groups excluding carboxylic acids is 2. The Morgan fingerprint density at radius 1 is 1.25 bits per heavy atom. The monoisotopic (exact) mass is 410 g/mol. The van der Waals surface area contributed by atoms with Gasteiger partial charge in [0.15, 0.2) is 0 Å². The second-order valence-electron chi connectivity index (χ2n) is 8.38. The van der Waals surface area contributed by atoms with Crippen LogP contribution in [0.15, 0.2) is 12.1 Å². The molecule has 1 aliphatic heterocycles. The van der Waals surface area contributed by atoms with Gasteiger partial charge in [0, 0.05) is 19.1 Å². The summed E-state index contributed by atoms with van der Waals surface area (Å²) in [6.07, 6.45) is 1.50. The molecule has 0 spiro atoms. The molecule has 1 heterocycles. The topological polar surface area (TPSA) is 67.9 Å². The average Bonchev–Trinajstić information content (AvgIpc) is 2.62. The van der Waals surface area contributed by atoms with Crippen LogP contribution < -0.4 is 5.32 Å². The fourth-order valence-corrected chi connectivity index (χ4v) is 3.66. The van der Waals surface area contributed by atoms with Gasteiger partial charge in [-0.25, -0.2) is 9.59 Å². The van der Waals surface area contributed by atoms with Gasteiger partial charge in [0.25, 0.3) is 0 Å². The third-order valence-electron chi connectivity index (χ3n) is 5.00. The SMILES string of the molecule is COC(=O)c1cc(N[C@@H](C)C2CCN(C(=O)OC(C)(C)C)CC2)c(Cl)cc1C. The predicted octanol–water partition coefficient (Wildman–Crippen LogP) is 4.88. The molecule has 1 aromatic carbocycles. The number of benzene rings is 1. The van der Waals surface area contributed by atoms with E-state index in [0.717, 1.165) is 24.1 Å². The molecule has 1 amide bonds. The predicted molar refractivity (Wildman–Crippen MR) is 111 cm³/mol. The Hall–Kier alpha value is -1.95. The lowest BCUT2D eigenvalue weighted by molar-refractivity contribution is 0.0179. The lowest BCUT2D eigenvalue weighted by atomic mass is 9.90. The van der Waals surface area contributed by atoms with Gasteiger partial charge in [0.1, 0.15) is 5.60 Å². The normalized spacial score (nSPS) is 16.5. The zero-order valence-electron chi connectivity index (χ0n) is 17.6. The van der Waals surface area contributed by atoms with E-state index in [1.165, 1.54) is 7.11 Å². The summed E-state index contributed by atoms with van der Waals surface area (Å²) in [4.78, 5) is 25.9. The summed E-state index contributed by atoms with van der Waals surface area (Å²) in [6, 6.07) is 3.66. The van der Waals surface area contributed by atoms with Crippen molar-refractivity contribution >= 4 is 29.4 Å². The second-order valence-corrected chi connectivity index (χ2v) is 8.78. The van der Waals surface area contributed by atoms with Crippen LogP contribution in [-0.2, 0) is 9.47 Å². The van der Waals surface area contributed by atoms with E-state index in [2.05, 4.69) is 12.2 Å². The highest BCUT2D eigenvalue weighted by Gasteiger charge is 2.29. The third-order valence-corrected chi connectivity index (χ3v) is 5.31. The van der Waals surface area contributed by atoms with Crippen molar-refractivity contribution in [2.75, 3.05) is 25.5 Å². The molecule has 2 rings (SSSR count). The highest BCUT2D eigenvalue weighted by molar-refractivity contribution is 6.33. The fraction of sp³-hybridized carbons (Fsp3) is 0.619. The number of nitrogens with zero attached hydrogens (tertiary/aromatic N) is 1. The first-order valence-electron chi connectivity index (χ1n) is 9.64. The molecular weight excluding hydrogens is 380 g/mol. The molecule has 1 saturated heterocycles. The van der Waals surface area contributed by atoms with Gasteiger partial charge in [-0.1, -0.05) is 11.6 Å². The van der Waals surface area contributed by atoms with Crippen LogP contribution in [0.5, 0.6) is 0 Å². The van der Waals surface area contributed by atoms with Gasteiger partial charge in [0.05, 0.1) is 23.4 Å². The molecule has 0 unspecified atom stereocenters. The molecule has 156 valence electrons. The number of amides is 1. The number of ether oxygens (including phenoxy) is 2. The number of likely N-dealkylation sites (tertiary alicyclic amines) is 1. The lowest BCUT2D eigenvalue weighted by Crippen LogP contribution is -2.44. The van der Waals surface area contributed by atoms with Crippen LogP contribution in [-0.4, -0.2) is 48.8 Å². The van der Waals surface area contributed by atoms with Gasteiger partial charge in [-0.2, -0.15) is 0 Å². The minimum absolute atomic E-state index is 0.145. The maximum absolute atomic E-state index is 12.2. The number of esters is 1. The molecule has 1 N–H and O–H groups in total. The summed E-state index contributed by atoms with van der Waals surface area (Å²) in [6.45, 7) is 10.9. The quantitative estimate of drug-likeness (QED) is 0.716. The number of anilines is 1. The minimum atomic E-state index is -0.484. The minimum Gasteiger partial charge on any atom is -0.465 e. The number of hydrogen-bond donors (Lipinski definition) is 1. The van der Waals surface area contributed by atoms with Crippen molar-refractivity contribution in [2.45, 2.75) is 59.1 Å². The molecule has 0 saturated carbocycles. The Kier molecular flexibility index (Phi) is 7.21. The molecule has 1 aliphatic rings. The summed E-state index contributed by atoms with van der Waals surface area (Å²) in [7, 11) is 1.37. The Labute approximate surface area is 172 Å². The number of piperidine rings is 1. The fourth-order valence-electron chi connectivity index (χ4n) is 3.38. The number of carbonyl (C=O) groups is 2. The largest absolute Gasteiger partial charge is 0.465 e. The van der Waals surface area contributed by atoms with Crippen molar-refractivity contribution < 1.29 is 19.1 Å². The molecule has 1 fully saturated rings. The molecule has 0 bridgehead atoms. The zero-order chi connectivity index (χ0) is 21.1. The van der Waals surface area contributed by atoms with Crippen LogP contribution >= 0.6 is 11.6 Å². The van der Waals surface area contributed by atoms with Gasteiger partial charge in [-0.15, -0.1) is 0 Å². The number of rotatable bonds is 4. The number of nitrogens with one attached hydrogen (secondary N) is 1. The number of halogens is 1. The second kappa shape index (κ2) is 9.03. The van der Waals surface area contributed by atoms with E-state index in [1.54, 1.807) is 17.0 Å². The van der Waals surface area contributed by atoms with Crippen molar-refractivity contribution in [1.82, 2.24) is 4.90 Å². The Morgan fingerprint density at radius 3 is 2.39 bits per heavy atom. The van der Waals surface area contributed by atoms with Gasteiger partial charge >= 0.3 is 12.1 Å². The van der Waals surface area contributed by atoms with Crippen LogP contribution in [0.4, 0.5) is 10.5 Å². The molecule has 7 heteroatoms. The van der Waals surface area contributed by atoms with E-state index in [1.807, 2.05) is 27.7 Å². The van der Waals surface area contributed by atoms with E-state index < -0.39 is 5.60 Å². The van der Waals surface area contributed by atoms with E-state index in [9.17, 15) is 9.59 Å². The van der Waals surface area contributed by atoms with Crippen molar-refractivity contribution in [2.24, 2.45) is 5.92 Å². The zero-order valence-corrected chi connectivity index (χ0v) is 18.4. The smallest absolute Gasteiger partial charge is 0.410 e. The standard InChI is InChI=1S/C21H31ClN2O4/c1-13-11-17(22)18(12-16(13)19(25)27-6)23-14(2)15-7-9-24(10-8-15)20(26)28-21(3,4)5/h11-12,14-15,23H,7-10H2,1-6H3/t14-/m0/s1. The summed E-state index contributed by atoms with van der Waals surface area (Å²) in [5.41, 5.74) is 1.51. The van der Waals surface area contributed by atoms with Crippen molar-refractivity contribution in [3.05, 3.63) is 28.3 Å². The molecule has 28 heavy (non-hydrogen) atoms. The summed E-state index contributed by atoms with van der Waals surface area (Å²) in [5, 5.41) is 4.01. The van der Waals surface area contributed by atoms with E-state index in [0.29, 0.717) is 29.6 Å². The van der Waals surface area contributed by atoms with Crippen LogP contribution in [0.1, 0.15) is 56.5 Å². The van der Waals surface area contributed by atoms with Crippen molar-refractivity contribution in [1.29, 1.82) is 0 Å². The third kappa shape index (κ3) is 5.77. The maximum atomic E-state index is 12.2. The maximum Gasteiger partial charge on any atom is 0.410 e. The van der Waals surface area contributed by atoms with Crippen LogP contribution in [0.2, 0.25) is 5.02 Å². The van der Waals surface area contributed by atoms with Crippen LogP contribution in [0.3, 0.4) is 0 Å². The first-order valence-corrected chi connectivity index (χ1v) is 10.0. The average molecular weight is 411 g/mol. The van der Waals surface area contributed by atoms with Gasteiger partial charge in [-0.05, 0) is 71.1 Å². The van der Waals surface area contributed by atoms with Gasteiger partial charge < -0.3 is 19.7 Å².